The Bertz CT molecular complexity index is 703. The number of benzene rings is 1. The number of ether oxygens (including phenoxy) is 3. The maximum absolute atomic E-state index is 5.78. The zero-order chi connectivity index (χ0) is 16.4. The number of H-pyrrole nitrogens is 1. The summed E-state index contributed by atoms with van der Waals surface area (Å²) in [6.07, 6.45) is 2.10. The zero-order valence-electron chi connectivity index (χ0n) is 13.7. The van der Waals surface area contributed by atoms with Crippen LogP contribution in [0.4, 0.5) is 0 Å². The first-order valence-corrected chi connectivity index (χ1v) is 8.23. The lowest BCUT2D eigenvalue weighted by molar-refractivity contribution is -0.0182. The average Bonchev–Trinajstić information content (AvgIpc) is 3.23. The van der Waals surface area contributed by atoms with E-state index in [1.807, 2.05) is 24.4 Å². The molecule has 7 heteroatoms. The van der Waals surface area contributed by atoms with E-state index in [1.165, 1.54) is 0 Å². The molecule has 0 radical (unpaired) electrons. The Hall–Kier alpha value is -2.09. The van der Waals surface area contributed by atoms with Gasteiger partial charge in [0.2, 0.25) is 6.79 Å². The van der Waals surface area contributed by atoms with E-state index in [0.29, 0.717) is 0 Å². The highest BCUT2D eigenvalue weighted by Gasteiger charge is 2.18. The second-order valence-electron chi connectivity index (χ2n) is 6.22. The maximum atomic E-state index is 5.78. The van der Waals surface area contributed by atoms with Gasteiger partial charge in [-0.3, -0.25) is 5.10 Å². The molecule has 1 saturated heterocycles. The van der Waals surface area contributed by atoms with Gasteiger partial charge >= 0.3 is 0 Å². The lowest BCUT2D eigenvalue weighted by Crippen LogP contribution is -2.44. The number of likely N-dealkylation sites (N-methyl/N-ethyl adjacent to an activating group) is 1. The zero-order valence-corrected chi connectivity index (χ0v) is 13.7. The van der Waals surface area contributed by atoms with Gasteiger partial charge in [0.05, 0.1) is 24.6 Å². The molecule has 3 heterocycles. The van der Waals surface area contributed by atoms with Crippen LogP contribution < -0.4 is 14.8 Å². The van der Waals surface area contributed by atoms with Gasteiger partial charge in [0.15, 0.2) is 11.5 Å². The van der Waals surface area contributed by atoms with Crippen LogP contribution in [0.1, 0.15) is 5.56 Å². The van der Waals surface area contributed by atoms with Crippen molar-refractivity contribution in [3.05, 3.63) is 30.0 Å². The van der Waals surface area contributed by atoms with Gasteiger partial charge < -0.3 is 24.4 Å². The molecule has 2 aliphatic heterocycles. The van der Waals surface area contributed by atoms with Crippen LogP contribution in [0.2, 0.25) is 0 Å². The van der Waals surface area contributed by atoms with Gasteiger partial charge in [-0.1, -0.05) is 0 Å². The molecule has 7 nitrogen and oxygen atoms in total. The molecule has 2 aromatic rings. The van der Waals surface area contributed by atoms with E-state index in [0.717, 1.165) is 61.1 Å². The molecule has 2 N–H and O–H groups in total. The molecule has 1 fully saturated rings. The van der Waals surface area contributed by atoms with Gasteiger partial charge in [-0.05, 0) is 25.2 Å². The second kappa shape index (κ2) is 6.80. The highest BCUT2D eigenvalue weighted by atomic mass is 16.7. The SMILES string of the molecule is CN1CCO[C@@H](CNCc2cn[nH]c2-c2ccc3c(c2)OCO3)C1. The van der Waals surface area contributed by atoms with E-state index in [4.69, 9.17) is 14.2 Å². The molecular formula is C17H22N4O3. The van der Waals surface area contributed by atoms with E-state index in [2.05, 4.69) is 27.5 Å². The van der Waals surface area contributed by atoms with Crippen LogP contribution in [0.25, 0.3) is 11.3 Å². The van der Waals surface area contributed by atoms with Crippen molar-refractivity contribution in [2.24, 2.45) is 0 Å². The van der Waals surface area contributed by atoms with Crippen molar-refractivity contribution < 1.29 is 14.2 Å². The standard InChI is InChI=1S/C17H22N4O3/c1-21-4-5-22-14(10-21)9-18-7-13-8-19-20-17(13)12-2-3-15-16(6-12)24-11-23-15/h2-3,6,8,14,18H,4-5,7,9-11H2,1H3,(H,19,20)/t14-/m0/s1. The van der Waals surface area contributed by atoms with E-state index >= 15 is 0 Å². The molecule has 0 saturated carbocycles. The normalized spacial score (nSPS) is 20.5. The van der Waals surface area contributed by atoms with Gasteiger partial charge in [0.25, 0.3) is 0 Å². The van der Waals surface area contributed by atoms with Crippen LogP contribution in [0.5, 0.6) is 11.5 Å². The minimum absolute atomic E-state index is 0.240. The fourth-order valence-electron chi connectivity index (χ4n) is 3.11. The minimum Gasteiger partial charge on any atom is -0.454 e. The first-order valence-electron chi connectivity index (χ1n) is 8.23. The van der Waals surface area contributed by atoms with E-state index in [9.17, 15) is 0 Å². The molecule has 24 heavy (non-hydrogen) atoms. The van der Waals surface area contributed by atoms with E-state index in [1.54, 1.807) is 0 Å². The molecule has 0 amide bonds. The van der Waals surface area contributed by atoms with Crippen molar-refractivity contribution in [2.75, 3.05) is 40.1 Å². The summed E-state index contributed by atoms with van der Waals surface area (Å²) in [4.78, 5) is 2.30. The Morgan fingerprint density at radius 2 is 2.25 bits per heavy atom. The number of aromatic amines is 1. The number of nitrogens with zero attached hydrogens (tertiary/aromatic N) is 2. The Balaban J connectivity index is 1.39. The van der Waals surface area contributed by atoms with Crippen LogP contribution in [0.15, 0.2) is 24.4 Å². The highest BCUT2D eigenvalue weighted by molar-refractivity contribution is 5.66. The lowest BCUT2D eigenvalue weighted by atomic mass is 10.1. The molecule has 1 aromatic carbocycles. The third-order valence-corrected chi connectivity index (χ3v) is 4.41. The van der Waals surface area contributed by atoms with Crippen LogP contribution in [0.3, 0.4) is 0 Å². The molecule has 1 aromatic heterocycles. The monoisotopic (exact) mass is 330 g/mol. The van der Waals surface area contributed by atoms with Crippen molar-refractivity contribution >= 4 is 0 Å². The Kier molecular flexibility index (Phi) is 4.38. The highest BCUT2D eigenvalue weighted by Crippen LogP contribution is 2.36. The molecule has 2 aliphatic rings. The molecule has 4 rings (SSSR count). The summed E-state index contributed by atoms with van der Waals surface area (Å²) in [5, 5.41) is 10.7. The number of fused-ring (bicyclic) bond motifs is 1. The average molecular weight is 330 g/mol. The topological polar surface area (TPSA) is 71.6 Å². The van der Waals surface area contributed by atoms with Gasteiger partial charge in [0, 0.05) is 37.3 Å². The lowest BCUT2D eigenvalue weighted by Gasteiger charge is -2.30. The summed E-state index contributed by atoms with van der Waals surface area (Å²) < 4.78 is 16.6. The molecular weight excluding hydrogens is 308 g/mol. The number of morpholine rings is 1. The van der Waals surface area contributed by atoms with Gasteiger partial charge in [-0.15, -0.1) is 0 Å². The largest absolute Gasteiger partial charge is 0.454 e. The quantitative estimate of drug-likeness (QED) is 0.859. The Labute approximate surface area is 140 Å². The number of nitrogens with one attached hydrogen (secondary N) is 2. The van der Waals surface area contributed by atoms with Crippen LogP contribution in [-0.2, 0) is 11.3 Å². The van der Waals surface area contributed by atoms with E-state index in [-0.39, 0.29) is 12.9 Å². The Morgan fingerprint density at radius 1 is 1.33 bits per heavy atom. The summed E-state index contributed by atoms with van der Waals surface area (Å²) in [6, 6.07) is 5.93. The molecule has 0 aliphatic carbocycles. The number of aromatic nitrogens is 2. The third-order valence-electron chi connectivity index (χ3n) is 4.41. The van der Waals surface area contributed by atoms with Gasteiger partial charge in [-0.2, -0.15) is 5.10 Å². The first-order chi connectivity index (χ1) is 11.8. The van der Waals surface area contributed by atoms with Crippen LogP contribution in [0, 0.1) is 0 Å². The first kappa shape index (κ1) is 15.4. The summed E-state index contributed by atoms with van der Waals surface area (Å²) in [5.74, 6) is 1.57. The Morgan fingerprint density at radius 3 is 3.17 bits per heavy atom. The summed E-state index contributed by atoms with van der Waals surface area (Å²) in [7, 11) is 2.13. The summed E-state index contributed by atoms with van der Waals surface area (Å²) in [6.45, 7) is 4.63. The minimum atomic E-state index is 0.240. The second-order valence-corrected chi connectivity index (χ2v) is 6.22. The van der Waals surface area contributed by atoms with E-state index < -0.39 is 0 Å². The van der Waals surface area contributed by atoms with Crippen molar-refractivity contribution in [1.82, 2.24) is 20.4 Å². The molecule has 0 bridgehead atoms. The van der Waals surface area contributed by atoms with Crippen molar-refractivity contribution in [1.29, 1.82) is 0 Å². The summed E-state index contributed by atoms with van der Waals surface area (Å²) >= 11 is 0. The number of hydrogen-bond donors (Lipinski definition) is 2. The predicted octanol–water partition coefficient (Wildman–Crippen LogP) is 1.23. The molecule has 0 unspecified atom stereocenters. The molecule has 0 spiro atoms. The summed E-state index contributed by atoms with van der Waals surface area (Å²) in [5.41, 5.74) is 3.17. The third kappa shape index (κ3) is 3.24. The maximum Gasteiger partial charge on any atom is 0.231 e. The van der Waals surface area contributed by atoms with Crippen molar-refractivity contribution in [2.45, 2.75) is 12.6 Å². The van der Waals surface area contributed by atoms with Gasteiger partial charge in [-0.25, -0.2) is 0 Å². The van der Waals surface area contributed by atoms with Crippen LogP contribution in [-0.4, -0.2) is 61.3 Å². The number of rotatable bonds is 5. The fourth-order valence-corrected chi connectivity index (χ4v) is 3.11. The smallest absolute Gasteiger partial charge is 0.231 e. The van der Waals surface area contributed by atoms with Crippen molar-refractivity contribution in [3.63, 3.8) is 0 Å². The molecule has 128 valence electrons. The molecule has 1 atom stereocenters. The fraction of sp³-hybridized carbons (Fsp3) is 0.471. The number of hydrogen-bond acceptors (Lipinski definition) is 6. The predicted molar refractivity (Wildman–Crippen MR) is 89.1 cm³/mol. The van der Waals surface area contributed by atoms with Gasteiger partial charge in [0.1, 0.15) is 0 Å². The van der Waals surface area contributed by atoms with Crippen molar-refractivity contribution in [3.8, 4) is 22.8 Å². The van der Waals surface area contributed by atoms with Crippen LogP contribution >= 0.6 is 0 Å².